The number of amides is 2. The van der Waals surface area contributed by atoms with Crippen molar-refractivity contribution < 1.29 is 23.0 Å². The predicted octanol–water partition coefficient (Wildman–Crippen LogP) is 0.449. The summed E-state index contributed by atoms with van der Waals surface area (Å²) in [7, 11) is 0.348. The van der Waals surface area contributed by atoms with E-state index in [0.717, 1.165) is 0 Å². The first-order valence-corrected chi connectivity index (χ1v) is 8.90. The molecule has 0 saturated carbocycles. The van der Waals surface area contributed by atoms with Crippen LogP contribution in [0.3, 0.4) is 0 Å². The molecule has 2 aliphatic heterocycles. The van der Waals surface area contributed by atoms with Crippen molar-refractivity contribution in [2.45, 2.75) is 17.7 Å². The molecular weight excluding hydrogens is 320 g/mol. The van der Waals surface area contributed by atoms with Gasteiger partial charge in [0.1, 0.15) is 16.9 Å². The van der Waals surface area contributed by atoms with Gasteiger partial charge in [0.15, 0.2) is 0 Å². The van der Waals surface area contributed by atoms with E-state index in [4.69, 9.17) is 9.15 Å². The molecule has 3 rings (SSSR count). The Bertz CT molecular complexity index is 607. The molecule has 0 aromatic carbocycles. The van der Waals surface area contributed by atoms with Gasteiger partial charge in [-0.2, -0.15) is 0 Å². The van der Waals surface area contributed by atoms with Gasteiger partial charge in [0, 0.05) is 39.6 Å². The van der Waals surface area contributed by atoms with Gasteiger partial charge in [-0.05, 0) is 6.07 Å². The molecule has 1 atom stereocenters. The van der Waals surface area contributed by atoms with Crippen LogP contribution in [-0.2, 0) is 20.3 Å². The van der Waals surface area contributed by atoms with Crippen molar-refractivity contribution >= 4 is 22.6 Å². The van der Waals surface area contributed by atoms with Crippen LogP contribution in [0.2, 0.25) is 0 Å². The van der Waals surface area contributed by atoms with Crippen LogP contribution < -0.4 is 0 Å². The van der Waals surface area contributed by atoms with Crippen LogP contribution in [0.1, 0.15) is 23.2 Å². The van der Waals surface area contributed by atoms with E-state index in [1.807, 2.05) is 0 Å². The van der Waals surface area contributed by atoms with Gasteiger partial charge >= 0.3 is 0 Å². The smallest absolute Gasteiger partial charge is 0.257 e. The normalized spacial score (nSPS) is 23.7. The minimum Gasteiger partial charge on any atom is -0.472 e. The predicted molar refractivity (Wildman–Crippen MR) is 83.2 cm³/mol. The van der Waals surface area contributed by atoms with Gasteiger partial charge in [0.2, 0.25) is 5.91 Å². The number of carbonyl (C=O) groups excluding carboxylic acids is 2. The number of rotatable bonds is 4. The zero-order chi connectivity index (χ0) is 16.4. The first kappa shape index (κ1) is 16.2. The Morgan fingerprint density at radius 2 is 2.17 bits per heavy atom. The van der Waals surface area contributed by atoms with E-state index < -0.39 is 15.7 Å². The minimum absolute atomic E-state index is 0.0688. The fourth-order valence-corrected chi connectivity index (χ4v) is 5.04. The molecule has 1 unspecified atom stereocenters. The number of nitrogens with zero attached hydrogens (tertiary/aromatic N) is 2. The van der Waals surface area contributed by atoms with E-state index in [-0.39, 0.29) is 17.6 Å². The second-order valence-corrected chi connectivity index (χ2v) is 7.52. The Morgan fingerprint density at radius 1 is 1.43 bits per heavy atom. The molecule has 1 aromatic heterocycles. The number of ether oxygens (including phenoxy) is 1. The minimum atomic E-state index is -1.23. The topological polar surface area (TPSA) is 80.1 Å². The van der Waals surface area contributed by atoms with Crippen LogP contribution in [0.25, 0.3) is 0 Å². The molecule has 0 aliphatic carbocycles. The van der Waals surface area contributed by atoms with E-state index in [9.17, 15) is 13.8 Å². The summed E-state index contributed by atoms with van der Waals surface area (Å²) in [5.41, 5.74) is 0.515. The molecule has 2 amide bonds. The van der Waals surface area contributed by atoms with Crippen molar-refractivity contribution in [3.63, 3.8) is 0 Å². The largest absolute Gasteiger partial charge is 0.472 e. The van der Waals surface area contributed by atoms with Crippen molar-refractivity contribution in [3.05, 3.63) is 24.2 Å². The molecule has 7 nitrogen and oxygen atoms in total. The second kappa shape index (κ2) is 6.45. The van der Waals surface area contributed by atoms with Crippen molar-refractivity contribution in [1.29, 1.82) is 0 Å². The quantitative estimate of drug-likeness (QED) is 0.795. The van der Waals surface area contributed by atoms with Crippen LogP contribution in [0.5, 0.6) is 0 Å². The fourth-order valence-electron chi connectivity index (χ4n) is 3.31. The summed E-state index contributed by atoms with van der Waals surface area (Å²) in [6, 6.07) is 1.63. The van der Waals surface area contributed by atoms with E-state index >= 15 is 0 Å². The van der Waals surface area contributed by atoms with Crippen molar-refractivity contribution in [3.8, 4) is 0 Å². The zero-order valence-electron chi connectivity index (χ0n) is 13.0. The van der Waals surface area contributed by atoms with E-state index in [1.165, 1.54) is 12.5 Å². The van der Waals surface area contributed by atoms with Gasteiger partial charge in [-0.1, -0.05) is 0 Å². The summed E-state index contributed by atoms with van der Waals surface area (Å²) in [6.45, 7) is 1.82. The fraction of sp³-hybridized carbons (Fsp3) is 0.600. The number of likely N-dealkylation sites (tertiary alicyclic amines) is 1. The lowest BCUT2D eigenvalue weighted by Crippen LogP contribution is -2.56. The summed E-state index contributed by atoms with van der Waals surface area (Å²) in [5, 5.41) is 0. The number of piperidine rings is 1. The summed E-state index contributed by atoms with van der Waals surface area (Å²) >= 11 is 0. The van der Waals surface area contributed by atoms with Gasteiger partial charge in [-0.3, -0.25) is 13.8 Å². The molecule has 0 radical (unpaired) electrons. The van der Waals surface area contributed by atoms with E-state index in [1.54, 1.807) is 23.0 Å². The van der Waals surface area contributed by atoms with E-state index in [0.29, 0.717) is 44.6 Å². The molecule has 8 heteroatoms. The second-order valence-electron chi connectivity index (χ2n) is 5.78. The molecule has 2 saturated heterocycles. The standard InChI is InChI=1S/C15H20N2O5S/c1-21-9-7-17-13(18)11-23(20)15(17)3-5-16(6-4-15)14(19)12-2-8-22-10-12/h2,8,10H,3-7,9,11H2,1H3. The summed E-state index contributed by atoms with van der Waals surface area (Å²) in [4.78, 5) is 27.3. The highest BCUT2D eigenvalue weighted by Gasteiger charge is 2.52. The molecule has 2 fully saturated rings. The van der Waals surface area contributed by atoms with Gasteiger partial charge in [0.05, 0.1) is 29.2 Å². The van der Waals surface area contributed by atoms with Gasteiger partial charge in [-0.25, -0.2) is 0 Å². The zero-order valence-corrected chi connectivity index (χ0v) is 13.8. The van der Waals surface area contributed by atoms with Gasteiger partial charge in [0.25, 0.3) is 5.91 Å². The van der Waals surface area contributed by atoms with Gasteiger partial charge in [-0.15, -0.1) is 0 Å². The molecule has 0 bridgehead atoms. The van der Waals surface area contributed by atoms with Crippen molar-refractivity contribution in [2.75, 3.05) is 39.1 Å². The molecule has 23 heavy (non-hydrogen) atoms. The first-order valence-electron chi connectivity index (χ1n) is 7.58. The Morgan fingerprint density at radius 3 is 2.78 bits per heavy atom. The first-order chi connectivity index (χ1) is 11.1. The summed E-state index contributed by atoms with van der Waals surface area (Å²) < 4.78 is 22.5. The maximum absolute atomic E-state index is 12.5. The number of hydrogen-bond acceptors (Lipinski definition) is 5. The van der Waals surface area contributed by atoms with Crippen LogP contribution >= 0.6 is 0 Å². The number of hydrogen-bond donors (Lipinski definition) is 0. The van der Waals surface area contributed by atoms with Crippen LogP contribution in [0.4, 0.5) is 0 Å². The average Bonchev–Trinajstić information content (AvgIpc) is 3.15. The summed E-state index contributed by atoms with van der Waals surface area (Å²) in [5.74, 6) is -0.110. The van der Waals surface area contributed by atoms with Crippen molar-refractivity contribution in [1.82, 2.24) is 9.80 Å². The molecule has 126 valence electrons. The molecular formula is C15H20N2O5S. The number of furan rings is 1. The average molecular weight is 340 g/mol. The number of carbonyl (C=O) groups is 2. The maximum atomic E-state index is 12.5. The van der Waals surface area contributed by atoms with Crippen molar-refractivity contribution in [2.24, 2.45) is 0 Å². The number of methoxy groups -OCH3 is 1. The third-order valence-corrected chi connectivity index (χ3v) is 6.58. The lowest BCUT2D eigenvalue weighted by molar-refractivity contribution is -0.131. The van der Waals surface area contributed by atoms with Gasteiger partial charge < -0.3 is 19.0 Å². The monoisotopic (exact) mass is 340 g/mol. The van der Waals surface area contributed by atoms with Crippen LogP contribution in [-0.4, -0.2) is 69.8 Å². The lowest BCUT2D eigenvalue weighted by atomic mass is 10.0. The molecule has 3 heterocycles. The Labute approximate surface area is 137 Å². The molecule has 2 aliphatic rings. The molecule has 1 spiro atoms. The third-order valence-electron chi connectivity index (χ3n) is 4.59. The highest BCUT2D eigenvalue weighted by atomic mass is 32.2. The summed E-state index contributed by atoms with van der Waals surface area (Å²) in [6.07, 6.45) is 3.95. The highest BCUT2D eigenvalue weighted by Crippen LogP contribution is 2.37. The maximum Gasteiger partial charge on any atom is 0.257 e. The Hall–Kier alpha value is -1.67. The Balaban J connectivity index is 1.71. The molecule has 0 N–H and O–H groups in total. The Kier molecular flexibility index (Phi) is 4.54. The van der Waals surface area contributed by atoms with Crippen LogP contribution in [0.15, 0.2) is 23.0 Å². The SMILES string of the molecule is COCCN1C(=O)CS(=O)C12CCN(C(=O)c1ccoc1)CC2. The highest BCUT2D eigenvalue weighted by molar-refractivity contribution is 7.87. The third kappa shape index (κ3) is 2.81. The lowest BCUT2D eigenvalue weighted by Gasteiger charge is -2.43. The van der Waals surface area contributed by atoms with Crippen LogP contribution in [0, 0.1) is 0 Å². The van der Waals surface area contributed by atoms with E-state index in [2.05, 4.69) is 0 Å². The molecule has 1 aromatic rings.